The Morgan fingerprint density at radius 2 is 2.32 bits per heavy atom. The molecule has 2 heterocycles. The van der Waals surface area contributed by atoms with Gasteiger partial charge in [-0.25, -0.2) is 4.98 Å². The number of benzene rings is 1. The van der Waals surface area contributed by atoms with Crippen molar-refractivity contribution in [1.29, 1.82) is 5.26 Å². The summed E-state index contributed by atoms with van der Waals surface area (Å²) in [7, 11) is 0. The predicted molar refractivity (Wildman–Crippen MR) is 73.6 cm³/mol. The van der Waals surface area contributed by atoms with E-state index in [4.69, 9.17) is 5.26 Å². The molecule has 0 aliphatic rings. The zero-order chi connectivity index (χ0) is 13.2. The van der Waals surface area contributed by atoms with E-state index in [0.29, 0.717) is 5.56 Å². The second-order valence-corrected chi connectivity index (χ2v) is 4.97. The van der Waals surface area contributed by atoms with E-state index >= 15 is 0 Å². The van der Waals surface area contributed by atoms with Gasteiger partial charge in [0.25, 0.3) is 0 Å². The van der Waals surface area contributed by atoms with E-state index in [2.05, 4.69) is 32.1 Å². The number of imidazole rings is 1. The maximum Gasteiger partial charge on any atom is 0.154 e. The van der Waals surface area contributed by atoms with E-state index in [9.17, 15) is 0 Å². The number of hydrogen-bond donors (Lipinski definition) is 0. The molecule has 0 N–H and O–H groups in total. The first-order chi connectivity index (χ1) is 9.33. The van der Waals surface area contributed by atoms with Crippen LogP contribution in [0.15, 0.2) is 24.4 Å². The Bertz CT molecular complexity index is 751. The summed E-state index contributed by atoms with van der Waals surface area (Å²) < 4.78 is 6.05. The fourth-order valence-electron chi connectivity index (χ4n) is 2.10. The number of nitrogens with zero attached hydrogens (tertiary/aromatic N) is 5. The third-order valence-corrected chi connectivity index (χ3v) is 3.57. The van der Waals surface area contributed by atoms with Crippen molar-refractivity contribution in [1.82, 2.24) is 19.1 Å². The third-order valence-electron chi connectivity index (χ3n) is 2.91. The number of rotatable bonds is 3. The van der Waals surface area contributed by atoms with Gasteiger partial charge >= 0.3 is 0 Å². The largest absolute Gasteiger partial charge is 0.323 e. The first kappa shape index (κ1) is 11.8. The first-order valence-corrected chi connectivity index (χ1v) is 6.79. The summed E-state index contributed by atoms with van der Waals surface area (Å²) in [5.74, 6) is 0.877. The quantitative estimate of drug-likeness (QED) is 0.733. The lowest BCUT2D eigenvalue weighted by Crippen LogP contribution is -1.98. The third kappa shape index (κ3) is 1.98. The Hall–Kier alpha value is -2.26. The summed E-state index contributed by atoms with van der Waals surface area (Å²) in [6.07, 6.45) is 2.74. The van der Waals surface area contributed by atoms with Crippen LogP contribution < -0.4 is 0 Å². The van der Waals surface area contributed by atoms with E-state index in [1.54, 1.807) is 6.20 Å². The summed E-state index contributed by atoms with van der Waals surface area (Å²) >= 11 is 1.33. The molecule has 2 aromatic heterocycles. The highest BCUT2D eigenvalue weighted by Gasteiger charge is 2.14. The number of hydrogen-bond acceptors (Lipinski definition) is 5. The SMILES string of the molecule is CCCn1c(-c2cnns2)nc2cc(C#N)ccc21. The molecule has 94 valence electrons. The number of nitriles is 1. The Kier molecular flexibility index (Phi) is 2.97. The molecule has 6 heteroatoms. The molecule has 0 atom stereocenters. The Labute approximate surface area is 114 Å². The molecular formula is C13H11N5S. The first-order valence-electron chi connectivity index (χ1n) is 6.01. The summed E-state index contributed by atoms with van der Waals surface area (Å²) in [6.45, 7) is 3.01. The second kappa shape index (κ2) is 4.78. The molecule has 0 unspecified atom stereocenters. The van der Waals surface area contributed by atoms with Crippen molar-refractivity contribution in [3.63, 3.8) is 0 Å². The molecule has 3 rings (SSSR count). The van der Waals surface area contributed by atoms with Crippen molar-refractivity contribution in [3.05, 3.63) is 30.0 Å². The summed E-state index contributed by atoms with van der Waals surface area (Å²) in [6, 6.07) is 7.74. The van der Waals surface area contributed by atoms with Crippen LogP contribution in [-0.4, -0.2) is 19.1 Å². The number of fused-ring (bicyclic) bond motifs is 1. The maximum absolute atomic E-state index is 8.96. The van der Waals surface area contributed by atoms with E-state index < -0.39 is 0 Å². The van der Waals surface area contributed by atoms with Gasteiger partial charge in [0.15, 0.2) is 5.82 Å². The summed E-state index contributed by atoms with van der Waals surface area (Å²) in [5, 5.41) is 12.8. The van der Waals surface area contributed by atoms with E-state index in [0.717, 1.165) is 34.7 Å². The van der Waals surface area contributed by atoms with Gasteiger partial charge in [-0.05, 0) is 36.2 Å². The highest BCUT2D eigenvalue weighted by molar-refractivity contribution is 7.09. The molecular weight excluding hydrogens is 258 g/mol. The van der Waals surface area contributed by atoms with Crippen molar-refractivity contribution in [2.45, 2.75) is 19.9 Å². The summed E-state index contributed by atoms with van der Waals surface area (Å²) in [5.41, 5.74) is 2.52. The van der Waals surface area contributed by atoms with Crippen molar-refractivity contribution in [3.8, 4) is 16.8 Å². The lowest BCUT2D eigenvalue weighted by atomic mass is 10.2. The molecule has 0 saturated heterocycles. The van der Waals surface area contributed by atoms with Crippen LogP contribution in [0, 0.1) is 11.3 Å². The van der Waals surface area contributed by atoms with Gasteiger partial charge in [0.05, 0.1) is 28.9 Å². The Balaban J connectivity index is 2.26. The van der Waals surface area contributed by atoms with Gasteiger partial charge in [-0.2, -0.15) is 5.26 Å². The highest BCUT2D eigenvalue weighted by atomic mass is 32.1. The fourth-order valence-corrected chi connectivity index (χ4v) is 2.62. The molecule has 0 amide bonds. The molecule has 0 radical (unpaired) electrons. The van der Waals surface area contributed by atoms with Crippen LogP contribution >= 0.6 is 11.5 Å². The van der Waals surface area contributed by atoms with E-state index in [-0.39, 0.29) is 0 Å². The van der Waals surface area contributed by atoms with Gasteiger partial charge in [-0.1, -0.05) is 11.4 Å². The molecule has 0 bridgehead atoms. The van der Waals surface area contributed by atoms with Crippen LogP contribution in [0.25, 0.3) is 21.7 Å². The van der Waals surface area contributed by atoms with E-state index in [1.807, 2.05) is 18.2 Å². The van der Waals surface area contributed by atoms with Crippen LogP contribution in [0.3, 0.4) is 0 Å². The topological polar surface area (TPSA) is 67.4 Å². The molecule has 0 aliphatic heterocycles. The average Bonchev–Trinajstić information content (AvgIpc) is 3.06. The molecule has 0 spiro atoms. The lowest BCUT2D eigenvalue weighted by molar-refractivity contribution is 0.705. The zero-order valence-corrected chi connectivity index (χ0v) is 11.2. The standard InChI is InChI=1S/C13H11N5S/c1-2-5-18-11-4-3-9(7-14)6-10(11)16-13(18)12-8-15-17-19-12/h3-4,6,8H,2,5H2,1H3. The minimum Gasteiger partial charge on any atom is -0.323 e. The van der Waals surface area contributed by atoms with Crippen molar-refractivity contribution < 1.29 is 0 Å². The van der Waals surface area contributed by atoms with Gasteiger partial charge in [-0.3, -0.25) is 0 Å². The average molecular weight is 269 g/mol. The van der Waals surface area contributed by atoms with Gasteiger partial charge in [-0.15, -0.1) is 5.10 Å². The summed E-state index contributed by atoms with van der Waals surface area (Å²) in [4.78, 5) is 5.57. The Morgan fingerprint density at radius 1 is 1.42 bits per heavy atom. The minimum atomic E-state index is 0.627. The van der Waals surface area contributed by atoms with Crippen molar-refractivity contribution in [2.75, 3.05) is 0 Å². The molecule has 3 aromatic rings. The van der Waals surface area contributed by atoms with Crippen LogP contribution in [-0.2, 0) is 6.54 Å². The maximum atomic E-state index is 8.96. The van der Waals surface area contributed by atoms with Crippen molar-refractivity contribution >= 4 is 22.6 Å². The number of aromatic nitrogens is 4. The Morgan fingerprint density at radius 3 is 3.00 bits per heavy atom. The van der Waals surface area contributed by atoms with Crippen molar-refractivity contribution in [2.24, 2.45) is 0 Å². The highest BCUT2D eigenvalue weighted by Crippen LogP contribution is 2.27. The second-order valence-electron chi connectivity index (χ2n) is 4.18. The lowest BCUT2D eigenvalue weighted by Gasteiger charge is -2.05. The van der Waals surface area contributed by atoms with Gasteiger partial charge in [0, 0.05) is 6.54 Å². The molecule has 19 heavy (non-hydrogen) atoms. The minimum absolute atomic E-state index is 0.627. The molecule has 0 saturated carbocycles. The van der Waals surface area contributed by atoms with Crippen LogP contribution in [0.2, 0.25) is 0 Å². The normalized spacial score (nSPS) is 10.7. The number of aryl methyl sites for hydroxylation is 1. The molecule has 0 aliphatic carbocycles. The monoisotopic (exact) mass is 269 g/mol. The van der Waals surface area contributed by atoms with E-state index in [1.165, 1.54) is 11.5 Å². The molecule has 0 fully saturated rings. The fraction of sp³-hybridized carbons (Fsp3) is 0.231. The smallest absolute Gasteiger partial charge is 0.154 e. The van der Waals surface area contributed by atoms with Gasteiger partial charge < -0.3 is 4.57 Å². The van der Waals surface area contributed by atoms with Gasteiger partial charge in [0.2, 0.25) is 0 Å². The van der Waals surface area contributed by atoms with Gasteiger partial charge in [0.1, 0.15) is 4.88 Å². The molecule has 5 nitrogen and oxygen atoms in total. The van der Waals surface area contributed by atoms with Crippen LogP contribution in [0.5, 0.6) is 0 Å². The molecule has 1 aromatic carbocycles. The van der Waals surface area contributed by atoms with Crippen LogP contribution in [0.4, 0.5) is 0 Å². The zero-order valence-electron chi connectivity index (χ0n) is 10.4. The predicted octanol–water partition coefficient (Wildman–Crippen LogP) is 2.84. The van der Waals surface area contributed by atoms with Crippen LogP contribution in [0.1, 0.15) is 18.9 Å².